The Morgan fingerprint density at radius 2 is 1.97 bits per heavy atom. The lowest BCUT2D eigenvalue weighted by Gasteiger charge is -2.47. The Kier molecular flexibility index (Phi) is 6.34. The number of hydrogen-bond donors (Lipinski definition) is 2. The van der Waals surface area contributed by atoms with Crippen molar-refractivity contribution in [2.75, 3.05) is 26.2 Å². The van der Waals surface area contributed by atoms with Crippen LogP contribution < -0.4 is 15.7 Å². The summed E-state index contributed by atoms with van der Waals surface area (Å²) in [7, 11) is 0. The lowest BCUT2D eigenvalue weighted by atomic mass is 9.71. The number of nitrogens with zero attached hydrogens (tertiary/aromatic N) is 1. The summed E-state index contributed by atoms with van der Waals surface area (Å²) >= 11 is 0. The van der Waals surface area contributed by atoms with E-state index in [1.54, 1.807) is 17.0 Å². The summed E-state index contributed by atoms with van der Waals surface area (Å²) < 4.78 is 11.1. The highest BCUT2D eigenvalue weighted by atomic mass is 16.5. The van der Waals surface area contributed by atoms with Crippen molar-refractivity contribution in [3.05, 3.63) is 39.7 Å². The van der Waals surface area contributed by atoms with Crippen LogP contribution in [0.2, 0.25) is 0 Å². The largest absolute Gasteiger partial charge is 0.484 e. The smallest absolute Gasteiger partial charge is 0.339 e. The number of rotatable bonds is 5. The highest BCUT2D eigenvalue weighted by Crippen LogP contribution is 2.39. The Hall–Kier alpha value is -2.87. The van der Waals surface area contributed by atoms with E-state index in [1.165, 1.54) is 0 Å². The number of aryl methyl sites for hydroxylation is 1. The number of ether oxygens (including phenoxy) is 1. The van der Waals surface area contributed by atoms with E-state index in [1.807, 2.05) is 6.07 Å². The summed E-state index contributed by atoms with van der Waals surface area (Å²) in [5.74, 6) is 0.0156. The van der Waals surface area contributed by atoms with E-state index in [2.05, 4.69) is 5.32 Å². The first-order chi connectivity index (χ1) is 16.4. The zero-order chi connectivity index (χ0) is 23.7. The van der Waals surface area contributed by atoms with E-state index < -0.39 is 11.5 Å². The van der Waals surface area contributed by atoms with Crippen LogP contribution in [0.25, 0.3) is 11.0 Å². The second-order valence-corrected chi connectivity index (χ2v) is 9.91. The highest BCUT2D eigenvalue weighted by Gasteiger charge is 2.43. The monoisotopic (exact) mass is 468 g/mol. The number of carbonyl (C=O) groups excluding carboxylic acids is 2. The van der Waals surface area contributed by atoms with Gasteiger partial charge in [0.15, 0.2) is 6.61 Å². The second kappa shape index (κ2) is 9.41. The molecule has 1 saturated heterocycles. The molecule has 0 spiro atoms. The van der Waals surface area contributed by atoms with Gasteiger partial charge in [0.05, 0.1) is 12.1 Å². The van der Waals surface area contributed by atoms with Crippen LogP contribution in [0.1, 0.15) is 56.1 Å². The fourth-order valence-electron chi connectivity index (χ4n) is 5.80. The number of carbonyl (C=O) groups is 2. The number of likely N-dealkylation sites (tertiary alicyclic amines) is 1. The van der Waals surface area contributed by atoms with Gasteiger partial charge in [0.25, 0.3) is 5.91 Å². The molecule has 2 heterocycles. The number of aliphatic hydroxyl groups is 1. The van der Waals surface area contributed by atoms with Crippen molar-refractivity contribution in [2.45, 2.75) is 63.4 Å². The van der Waals surface area contributed by atoms with E-state index in [0.717, 1.165) is 67.9 Å². The molecule has 2 N–H and O–H groups in total. The van der Waals surface area contributed by atoms with Gasteiger partial charge in [-0.15, -0.1) is 0 Å². The van der Waals surface area contributed by atoms with Crippen molar-refractivity contribution in [2.24, 2.45) is 5.92 Å². The molecule has 5 rings (SSSR count). The van der Waals surface area contributed by atoms with Crippen LogP contribution in [-0.4, -0.2) is 53.7 Å². The summed E-state index contributed by atoms with van der Waals surface area (Å²) in [4.78, 5) is 38.9. The van der Waals surface area contributed by atoms with Crippen molar-refractivity contribution in [1.82, 2.24) is 10.2 Å². The molecule has 1 aromatic heterocycles. The van der Waals surface area contributed by atoms with Crippen molar-refractivity contribution in [3.8, 4) is 5.75 Å². The Bertz CT molecular complexity index is 1160. The van der Waals surface area contributed by atoms with E-state index in [9.17, 15) is 19.5 Å². The molecule has 1 aliphatic heterocycles. The molecule has 2 aliphatic carbocycles. The van der Waals surface area contributed by atoms with Gasteiger partial charge in [-0.1, -0.05) is 12.8 Å². The number of benzene rings is 1. The number of amides is 2. The zero-order valence-corrected chi connectivity index (χ0v) is 19.4. The minimum atomic E-state index is -0.635. The number of hydrogen-bond acceptors (Lipinski definition) is 6. The summed E-state index contributed by atoms with van der Waals surface area (Å²) in [5.41, 5.74) is 1.37. The first-order valence-electron chi connectivity index (χ1n) is 12.4. The Morgan fingerprint density at radius 3 is 2.82 bits per heavy atom. The maximum atomic E-state index is 12.6. The minimum absolute atomic E-state index is 0.0912. The molecule has 2 amide bonds. The van der Waals surface area contributed by atoms with Crippen molar-refractivity contribution in [3.63, 3.8) is 0 Å². The SMILES string of the molecule is O=C(COc1ccc2c3c(c(=O)oc2c1)CCCC3)NCC(=O)N1CC[C@@]2(O)CCCC[C@@H]2C1. The number of fused-ring (bicyclic) bond motifs is 4. The van der Waals surface area contributed by atoms with Crippen LogP contribution in [0.4, 0.5) is 0 Å². The van der Waals surface area contributed by atoms with Gasteiger partial charge < -0.3 is 24.5 Å². The lowest BCUT2D eigenvalue weighted by Crippen LogP contribution is -2.56. The van der Waals surface area contributed by atoms with Crippen LogP contribution in [0.3, 0.4) is 0 Å². The molecule has 3 aliphatic rings. The third kappa shape index (κ3) is 4.56. The summed E-state index contributed by atoms with van der Waals surface area (Å²) in [6, 6.07) is 5.29. The first kappa shape index (κ1) is 22.9. The summed E-state index contributed by atoms with van der Waals surface area (Å²) in [5, 5.41) is 14.3. The van der Waals surface area contributed by atoms with Gasteiger partial charge in [-0.2, -0.15) is 0 Å². The molecule has 0 radical (unpaired) electrons. The van der Waals surface area contributed by atoms with Crippen LogP contribution in [0.5, 0.6) is 5.75 Å². The maximum absolute atomic E-state index is 12.6. The average molecular weight is 469 g/mol. The Balaban J connectivity index is 1.14. The van der Waals surface area contributed by atoms with E-state index >= 15 is 0 Å². The molecule has 8 nitrogen and oxygen atoms in total. The Morgan fingerprint density at radius 1 is 1.15 bits per heavy atom. The molecule has 1 saturated carbocycles. The van der Waals surface area contributed by atoms with Gasteiger partial charge >= 0.3 is 5.63 Å². The second-order valence-electron chi connectivity index (χ2n) is 9.91. The van der Waals surface area contributed by atoms with E-state index in [-0.39, 0.29) is 30.6 Å². The normalized spacial score (nSPS) is 24.3. The van der Waals surface area contributed by atoms with Crippen LogP contribution in [-0.2, 0) is 22.4 Å². The quantitative estimate of drug-likeness (QED) is 0.652. The lowest BCUT2D eigenvalue weighted by molar-refractivity contribution is -0.143. The molecular weight excluding hydrogens is 436 g/mol. The maximum Gasteiger partial charge on any atom is 0.339 e. The average Bonchev–Trinajstić information content (AvgIpc) is 2.85. The summed E-state index contributed by atoms with van der Waals surface area (Å²) in [6.45, 7) is 0.736. The predicted octanol–water partition coefficient (Wildman–Crippen LogP) is 2.32. The minimum Gasteiger partial charge on any atom is -0.484 e. The van der Waals surface area contributed by atoms with Crippen molar-refractivity contribution < 1.29 is 23.8 Å². The molecule has 0 unspecified atom stereocenters. The van der Waals surface area contributed by atoms with Gasteiger partial charge in [0, 0.05) is 36.0 Å². The molecule has 8 heteroatoms. The van der Waals surface area contributed by atoms with Crippen molar-refractivity contribution in [1.29, 1.82) is 0 Å². The first-order valence-corrected chi connectivity index (χ1v) is 12.4. The molecule has 2 fully saturated rings. The van der Waals surface area contributed by atoms with E-state index in [4.69, 9.17) is 9.15 Å². The molecule has 182 valence electrons. The predicted molar refractivity (Wildman–Crippen MR) is 126 cm³/mol. The van der Waals surface area contributed by atoms with Gasteiger partial charge in [-0.25, -0.2) is 4.79 Å². The van der Waals surface area contributed by atoms with E-state index in [0.29, 0.717) is 30.8 Å². The van der Waals surface area contributed by atoms with Gasteiger partial charge in [-0.05, 0) is 62.6 Å². The summed E-state index contributed by atoms with van der Waals surface area (Å²) in [6.07, 6.45) is 8.16. The molecule has 2 aromatic rings. The van der Waals surface area contributed by atoms with Gasteiger partial charge in [0.1, 0.15) is 11.3 Å². The van der Waals surface area contributed by atoms with Crippen molar-refractivity contribution >= 4 is 22.8 Å². The van der Waals surface area contributed by atoms with Gasteiger partial charge in [-0.3, -0.25) is 9.59 Å². The molecule has 0 bridgehead atoms. The molecule has 34 heavy (non-hydrogen) atoms. The molecular formula is C26H32N2O6. The fraction of sp³-hybridized carbons (Fsp3) is 0.577. The van der Waals surface area contributed by atoms with Crippen LogP contribution >= 0.6 is 0 Å². The molecule has 1 aromatic carbocycles. The highest BCUT2D eigenvalue weighted by molar-refractivity contribution is 5.86. The number of piperidine rings is 1. The fourth-order valence-corrected chi connectivity index (χ4v) is 5.80. The van der Waals surface area contributed by atoms with Crippen LogP contribution in [0, 0.1) is 5.92 Å². The van der Waals surface area contributed by atoms with Crippen LogP contribution in [0.15, 0.2) is 27.4 Å². The Labute approximate surface area is 198 Å². The molecule has 2 atom stereocenters. The zero-order valence-electron chi connectivity index (χ0n) is 19.4. The van der Waals surface area contributed by atoms with Gasteiger partial charge in [0.2, 0.25) is 5.91 Å². The number of nitrogens with one attached hydrogen (secondary N) is 1. The topological polar surface area (TPSA) is 109 Å². The third-order valence-electron chi connectivity index (χ3n) is 7.78. The standard InChI is InChI=1S/C26H32N2O6/c29-23(27-14-24(30)28-12-11-26(32)10-4-3-5-17(26)15-28)16-33-18-8-9-20-19-6-1-2-7-21(19)25(31)34-22(20)13-18/h8-9,13,17,32H,1-7,10-12,14-16H2,(H,27,29)/t17-,26+/m1/s1. The third-order valence-corrected chi connectivity index (χ3v) is 7.78.